The van der Waals surface area contributed by atoms with Gasteiger partial charge in [-0.2, -0.15) is 0 Å². The molecule has 0 aromatic rings. The number of ether oxygens (including phenoxy) is 3. The predicted octanol–water partition coefficient (Wildman–Crippen LogP) is 18.5. The maximum Gasteiger partial charge on any atom is 0.306 e. The molecule has 6 nitrogen and oxygen atoms in total. The van der Waals surface area contributed by atoms with Crippen molar-refractivity contribution in [3.8, 4) is 0 Å². The van der Waals surface area contributed by atoms with Gasteiger partial charge in [0.25, 0.3) is 0 Å². The normalized spacial score (nSPS) is 17.9. The van der Waals surface area contributed by atoms with E-state index in [9.17, 15) is 14.4 Å². The quantitative estimate of drug-likeness (QED) is 0.0262. The number of hydrogen-bond donors (Lipinski definition) is 0. The van der Waals surface area contributed by atoms with Crippen LogP contribution in [0.25, 0.3) is 0 Å². The second-order valence-electron chi connectivity index (χ2n) is 20.6. The number of unbranched alkanes of at least 4 members (excludes halogenated alkanes) is 26. The summed E-state index contributed by atoms with van der Waals surface area (Å²) in [6.07, 6.45) is 66.5. The van der Waals surface area contributed by atoms with Crippen molar-refractivity contribution in [2.45, 2.75) is 277 Å². The van der Waals surface area contributed by atoms with Crippen LogP contribution >= 0.6 is 0 Å². The Hall–Kier alpha value is -2.89. The molecule has 1 saturated carbocycles. The Bertz CT molecular complexity index is 1300. The van der Waals surface area contributed by atoms with Gasteiger partial charge in [0.15, 0.2) is 6.10 Å². The van der Waals surface area contributed by atoms with Gasteiger partial charge in [-0.1, -0.05) is 210 Å². The molecule has 6 heteroatoms. The second kappa shape index (κ2) is 45.3. The van der Waals surface area contributed by atoms with E-state index >= 15 is 0 Å². The molecule has 68 heavy (non-hydrogen) atoms. The van der Waals surface area contributed by atoms with Crippen LogP contribution in [0.5, 0.6) is 0 Å². The summed E-state index contributed by atoms with van der Waals surface area (Å²) in [7, 11) is 0. The van der Waals surface area contributed by atoms with Gasteiger partial charge < -0.3 is 14.2 Å². The summed E-state index contributed by atoms with van der Waals surface area (Å²) in [5.74, 6) is 2.23. The van der Waals surface area contributed by atoms with Crippen molar-refractivity contribution in [3.63, 3.8) is 0 Å². The van der Waals surface area contributed by atoms with Gasteiger partial charge in [-0.3, -0.25) is 14.4 Å². The molecule has 390 valence electrons. The van der Waals surface area contributed by atoms with Crippen LogP contribution in [-0.2, 0) is 28.6 Å². The van der Waals surface area contributed by atoms with Crippen molar-refractivity contribution in [1.82, 2.24) is 0 Å². The zero-order valence-electron chi connectivity index (χ0n) is 44.6. The highest BCUT2D eigenvalue weighted by molar-refractivity contribution is 5.71. The maximum atomic E-state index is 13.0. The minimum Gasteiger partial charge on any atom is -0.462 e. The van der Waals surface area contributed by atoms with E-state index in [1.54, 1.807) is 0 Å². The third-order valence-corrected chi connectivity index (χ3v) is 14.4. The molecule has 2 rings (SSSR count). The Labute approximate surface area is 419 Å². The minimum absolute atomic E-state index is 0.0821. The topological polar surface area (TPSA) is 78.9 Å². The number of carbonyl (C=O) groups excluding carboxylic acids is 3. The highest BCUT2D eigenvalue weighted by atomic mass is 16.6. The fraction of sp³-hybridized carbons (Fsp3) is 0.790. The Balaban J connectivity index is 1.65. The third kappa shape index (κ3) is 34.4. The first-order chi connectivity index (χ1) is 33.5. The van der Waals surface area contributed by atoms with Crippen LogP contribution in [-0.4, -0.2) is 37.2 Å². The Kier molecular flexibility index (Phi) is 40.8. The molecule has 0 amide bonds. The lowest BCUT2D eigenvalue weighted by atomic mass is 9.78. The van der Waals surface area contributed by atoms with Gasteiger partial charge in [-0.05, 0) is 126 Å². The number of carbonyl (C=O) groups is 3. The van der Waals surface area contributed by atoms with Crippen molar-refractivity contribution in [2.75, 3.05) is 13.2 Å². The van der Waals surface area contributed by atoms with Crippen LogP contribution in [0.2, 0.25) is 0 Å². The minimum atomic E-state index is -0.787. The molecule has 0 N–H and O–H groups in total. The summed E-state index contributed by atoms with van der Waals surface area (Å²) in [5.41, 5.74) is 0. The molecule has 2 bridgehead atoms. The van der Waals surface area contributed by atoms with Gasteiger partial charge in [-0.15, -0.1) is 0 Å². The lowest BCUT2D eigenvalue weighted by molar-refractivity contribution is -0.167. The van der Waals surface area contributed by atoms with Gasteiger partial charge in [-0.25, -0.2) is 0 Å². The zero-order chi connectivity index (χ0) is 48.8. The molecule has 0 heterocycles. The van der Waals surface area contributed by atoms with E-state index in [1.807, 2.05) is 0 Å². The molecule has 4 unspecified atom stereocenters. The van der Waals surface area contributed by atoms with E-state index in [4.69, 9.17) is 14.2 Å². The fourth-order valence-corrected chi connectivity index (χ4v) is 10.2. The first-order valence-electron chi connectivity index (χ1n) is 29.3. The largest absolute Gasteiger partial charge is 0.462 e. The van der Waals surface area contributed by atoms with Crippen LogP contribution in [0.15, 0.2) is 60.8 Å². The molecule has 1 fully saturated rings. The van der Waals surface area contributed by atoms with Crippen LogP contribution in [0.4, 0.5) is 0 Å². The number of fused-ring (bicyclic) bond motifs is 2. The maximum absolute atomic E-state index is 13.0. The van der Waals surface area contributed by atoms with Gasteiger partial charge in [0.1, 0.15) is 13.2 Å². The number of hydrogen-bond acceptors (Lipinski definition) is 6. The second-order valence-corrected chi connectivity index (χ2v) is 20.6. The molecular formula is C62H106O6. The van der Waals surface area contributed by atoms with Gasteiger partial charge in [0.05, 0.1) is 0 Å². The van der Waals surface area contributed by atoms with E-state index in [0.29, 0.717) is 19.3 Å². The highest BCUT2D eigenvalue weighted by Gasteiger charge is 2.42. The number of allylic oxidation sites excluding steroid dienone is 10. The molecular weight excluding hydrogens is 841 g/mol. The fourth-order valence-electron chi connectivity index (χ4n) is 10.2. The van der Waals surface area contributed by atoms with Crippen LogP contribution in [0.1, 0.15) is 271 Å². The van der Waals surface area contributed by atoms with Gasteiger partial charge >= 0.3 is 17.9 Å². The first-order valence-corrected chi connectivity index (χ1v) is 29.3. The summed E-state index contributed by atoms with van der Waals surface area (Å²) in [5, 5.41) is 0. The lowest BCUT2D eigenvalue weighted by Crippen LogP contribution is -2.30. The number of rotatable bonds is 48. The highest BCUT2D eigenvalue weighted by Crippen LogP contribution is 2.51. The molecule has 4 atom stereocenters. The Morgan fingerprint density at radius 2 is 0.838 bits per heavy atom. The molecule has 2 aliphatic carbocycles. The average molecular weight is 948 g/mol. The van der Waals surface area contributed by atoms with Crippen LogP contribution in [0, 0.1) is 23.7 Å². The van der Waals surface area contributed by atoms with Crippen LogP contribution in [0.3, 0.4) is 0 Å². The molecule has 0 radical (unpaired) electrons. The van der Waals surface area contributed by atoms with Crippen molar-refractivity contribution in [3.05, 3.63) is 60.8 Å². The third-order valence-electron chi connectivity index (χ3n) is 14.4. The molecule has 0 aromatic carbocycles. The van der Waals surface area contributed by atoms with E-state index in [-0.39, 0.29) is 31.1 Å². The van der Waals surface area contributed by atoms with Crippen molar-refractivity contribution < 1.29 is 28.6 Å². The first kappa shape index (κ1) is 61.2. The Morgan fingerprint density at radius 1 is 0.441 bits per heavy atom. The number of esters is 3. The van der Waals surface area contributed by atoms with Crippen LogP contribution < -0.4 is 0 Å². The Morgan fingerprint density at radius 3 is 1.31 bits per heavy atom. The molecule has 2 aliphatic rings. The van der Waals surface area contributed by atoms with Crippen molar-refractivity contribution in [1.29, 1.82) is 0 Å². The summed E-state index contributed by atoms with van der Waals surface area (Å²) < 4.78 is 17.0. The lowest BCUT2D eigenvalue weighted by Gasteiger charge is -2.27. The molecule has 0 saturated heterocycles. The molecule has 0 aromatic heterocycles. The van der Waals surface area contributed by atoms with Crippen molar-refractivity contribution in [2.24, 2.45) is 23.7 Å². The van der Waals surface area contributed by atoms with Gasteiger partial charge in [0.2, 0.25) is 0 Å². The van der Waals surface area contributed by atoms with E-state index < -0.39 is 6.10 Å². The summed E-state index contributed by atoms with van der Waals surface area (Å²) in [6.45, 7) is 6.55. The monoisotopic (exact) mass is 947 g/mol. The van der Waals surface area contributed by atoms with E-state index in [1.165, 1.54) is 148 Å². The molecule has 0 spiro atoms. The smallest absolute Gasteiger partial charge is 0.306 e. The van der Waals surface area contributed by atoms with Crippen molar-refractivity contribution >= 4 is 17.9 Å². The SMILES string of the molecule is CC/C=C\C/C=C\CC1C2C=CC(C2)C1CCCCCCCC(=O)OC(COC(=O)CCCCCCC/C=C\CCCCCCCC)COC(=O)CCCCCCC/C=C\CCCCCCCC. The standard InChI is InChI=1S/C62H106O6/c1-4-7-10-13-16-18-20-22-24-26-28-30-32-37-42-47-60(63)66-53-57(54-67-61(64)48-43-38-33-31-29-27-25-23-21-19-17-14-11-8-5-2)68-62(65)49-44-39-34-36-41-46-59-56-51-50-55(52-56)58(59)45-40-35-15-12-9-6-3/h9,12,22-25,35,40,50-51,55-59H,4-8,10-11,13-21,26-34,36-39,41-49,52-54H2,1-3H3/b12-9-,24-22-,25-23-,40-35-. The summed E-state index contributed by atoms with van der Waals surface area (Å²) in [6, 6.07) is 0. The average Bonchev–Trinajstić information content (AvgIpc) is 3.95. The predicted molar refractivity (Wildman–Crippen MR) is 289 cm³/mol. The molecule has 0 aliphatic heterocycles. The summed E-state index contributed by atoms with van der Waals surface area (Å²) in [4.78, 5) is 38.4. The van der Waals surface area contributed by atoms with E-state index in [2.05, 4.69) is 81.5 Å². The zero-order valence-corrected chi connectivity index (χ0v) is 44.6. The van der Waals surface area contributed by atoms with E-state index in [0.717, 1.165) is 107 Å². The van der Waals surface area contributed by atoms with Gasteiger partial charge in [0, 0.05) is 19.3 Å². The summed E-state index contributed by atoms with van der Waals surface area (Å²) >= 11 is 0.